The number of carbonyl (C=O) groups excluding carboxylic acids is 1. The fourth-order valence-corrected chi connectivity index (χ4v) is 1.24. The predicted octanol–water partition coefficient (Wildman–Crippen LogP) is 2.21. The number of hydrogen-bond acceptors (Lipinski definition) is 2. The Morgan fingerprint density at radius 2 is 2.00 bits per heavy atom. The maximum absolute atomic E-state index is 12.6. The van der Waals surface area contributed by atoms with Crippen LogP contribution in [0.2, 0.25) is 0 Å². The van der Waals surface area contributed by atoms with E-state index in [0.717, 1.165) is 0 Å². The second-order valence-electron chi connectivity index (χ2n) is 3.42. The van der Waals surface area contributed by atoms with Crippen molar-refractivity contribution in [2.24, 2.45) is 0 Å². The molecule has 1 aromatic carbocycles. The van der Waals surface area contributed by atoms with E-state index in [1.165, 1.54) is 13.2 Å². The molecule has 0 radical (unpaired) electrons. The minimum absolute atomic E-state index is 0.314. The van der Waals surface area contributed by atoms with Gasteiger partial charge in [-0.15, -0.1) is 0 Å². The third-order valence-corrected chi connectivity index (χ3v) is 2.21. The van der Waals surface area contributed by atoms with E-state index in [1.54, 1.807) is 23.5 Å². The van der Waals surface area contributed by atoms with Crippen molar-refractivity contribution in [2.75, 3.05) is 7.11 Å². The van der Waals surface area contributed by atoms with Crippen molar-refractivity contribution < 1.29 is 27.1 Å². The van der Waals surface area contributed by atoms with Crippen molar-refractivity contribution in [1.82, 2.24) is 5.32 Å². The van der Waals surface area contributed by atoms with Gasteiger partial charge >= 0.3 is 12.3 Å². The van der Waals surface area contributed by atoms with Gasteiger partial charge in [-0.3, -0.25) is 4.79 Å². The lowest BCUT2D eigenvalue weighted by Crippen LogP contribution is -2.44. The van der Waals surface area contributed by atoms with Crippen LogP contribution < -0.4 is 10.1 Å². The first-order valence-corrected chi connectivity index (χ1v) is 4.95. The molecule has 1 rings (SSSR count). The van der Waals surface area contributed by atoms with Crippen molar-refractivity contribution in [2.45, 2.75) is 18.9 Å². The molecule has 0 atom stereocenters. The molecule has 1 N–H and O–H groups in total. The lowest BCUT2D eigenvalue weighted by molar-refractivity contribution is -0.169. The number of carbonyl (C=O) groups is 1. The Hall–Kier alpha value is -1.79. The Balaban J connectivity index is 2.68. The molecule has 0 fully saturated rings. The molecule has 0 heterocycles. The van der Waals surface area contributed by atoms with E-state index in [9.17, 15) is 22.4 Å². The van der Waals surface area contributed by atoms with E-state index in [0.29, 0.717) is 11.3 Å². The first-order valence-electron chi connectivity index (χ1n) is 4.95. The summed E-state index contributed by atoms with van der Waals surface area (Å²) in [5.41, 5.74) is 0.415. The number of nitrogens with one attached hydrogen (secondary N) is 1. The highest BCUT2D eigenvalue weighted by atomic mass is 19.3. The quantitative estimate of drug-likeness (QED) is 0.829. The second-order valence-corrected chi connectivity index (χ2v) is 3.42. The predicted molar refractivity (Wildman–Crippen MR) is 55.8 cm³/mol. The lowest BCUT2D eigenvalue weighted by atomic mass is 10.2. The number of ether oxygens (including phenoxy) is 1. The van der Waals surface area contributed by atoms with Crippen LogP contribution >= 0.6 is 0 Å². The van der Waals surface area contributed by atoms with Crippen molar-refractivity contribution in [3.05, 3.63) is 29.8 Å². The van der Waals surface area contributed by atoms with Gasteiger partial charge in [-0.1, -0.05) is 18.2 Å². The molecule has 18 heavy (non-hydrogen) atoms. The molecule has 0 saturated heterocycles. The number of halogens is 4. The summed E-state index contributed by atoms with van der Waals surface area (Å²) in [7, 11) is 1.37. The minimum Gasteiger partial charge on any atom is -0.496 e. The number of benzene rings is 1. The zero-order chi connectivity index (χ0) is 13.8. The molecule has 0 aromatic heterocycles. The summed E-state index contributed by atoms with van der Waals surface area (Å²) in [4.78, 5) is 10.9. The van der Waals surface area contributed by atoms with Crippen molar-refractivity contribution in [1.29, 1.82) is 0 Å². The van der Waals surface area contributed by atoms with Gasteiger partial charge in [-0.05, 0) is 6.07 Å². The number of methoxy groups -OCH3 is 1. The lowest BCUT2D eigenvalue weighted by Gasteiger charge is -2.15. The highest BCUT2D eigenvalue weighted by molar-refractivity contribution is 5.83. The average molecular weight is 265 g/mol. The molecule has 0 bridgehead atoms. The smallest absolute Gasteiger partial charge is 0.383 e. The number of alkyl halides is 4. The van der Waals surface area contributed by atoms with Gasteiger partial charge in [-0.2, -0.15) is 8.78 Å². The molecule has 100 valence electrons. The van der Waals surface area contributed by atoms with E-state index >= 15 is 0 Å². The highest BCUT2D eigenvalue weighted by Gasteiger charge is 2.48. The van der Waals surface area contributed by atoms with Crippen LogP contribution in [0.25, 0.3) is 0 Å². The van der Waals surface area contributed by atoms with E-state index in [-0.39, 0.29) is 6.54 Å². The molecular formula is C11H11F4NO2. The largest absolute Gasteiger partial charge is 0.496 e. The molecule has 0 aliphatic rings. The third-order valence-electron chi connectivity index (χ3n) is 2.21. The first kappa shape index (κ1) is 14.3. The first-order chi connectivity index (χ1) is 8.39. The summed E-state index contributed by atoms with van der Waals surface area (Å²) in [6.07, 6.45) is -4.03. The monoisotopic (exact) mass is 265 g/mol. The zero-order valence-electron chi connectivity index (χ0n) is 9.42. The molecule has 7 heteroatoms. The van der Waals surface area contributed by atoms with Gasteiger partial charge in [0.1, 0.15) is 5.75 Å². The van der Waals surface area contributed by atoms with Crippen molar-refractivity contribution >= 4 is 5.91 Å². The van der Waals surface area contributed by atoms with Crippen LogP contribution in [0.5, 0.6) is 5.75 Å². The number of para-hydroxylation sites is 1. The van der Waals surface area contributed by atoms with Crippen LogP contribution in [-0.2, 0) is 11.3 Å². The van der Waals surface area contributed by atoms with Crippen LogP contribution in [0.15, 0.2) is 24.3 Å². The molecule has 1 amide bonds. The van der Waals surface area contributed by atoms with Crippen LogP contribution in [0.1, 0.15) is 5.56 Å². The second kappa shape index (κ2) is 5.70. The maximum atomic E-state index is 12.6. The molecular weight excluding hydrogens is 254 g/mol. The number of hydrogen-bond donors (Lipinski definition) is 1. The molecule has 0 spiro atoms. The Morgan fingerprint density at radius 1 is 1.39 bits per heavy atom. The molecule has 0 unspecified atom stereocenters. The van der Waals surface area contributed by atoms with Crippen molar-refractivity contribution in [3.63, 3.8) is 0 Å². The summed E-state index contributed by atoms with van der Waals surface area (Å²) in [5.74, 6) is -6.33. The van der Waals surface area contributed by atoms with Crippen LogP contribution in [0.3, 0.4) is 0 Å². The van der Waals surface area contributed by atoms with Crippen LogP contribution in [-0.4, -0.2) is 25.4 Å². The van der Waals surface area contributed by atoms with Gasteiger partial charge in [0.25, 0.3) is 5.91 Å². The van der Waals surface area contributed by atoms with Gasteiger partial charge in [0, 0.05) is 12.1 Å². The zero-order valence-corrected chi connectivity index (χ0v) is 9.42. The van der Waals surface area contributed by atoms with Gasteiger partial charge in [0.2, 0.25) is 0 Å². The van der Waals surface area contributed by atoms with E-state index in [1.807, 2.05) is 0 Å². The summed E-state index contributed by atoms with van der Waals surface area (Å²) < 4.78 is 54.0. The average Bonchev–Trinajstić information content (AvgIpc) is 2.35. The van der Waals surface area contributed by atoms with E-state index in [2.05, 4.69) is 0 Å². The van der Waals surface area contributed by atoms with Gasteiger partial charge in [0.05, 0.1) is 7.11 Å². The Bertz CT molecular complexity index is 423. The molecule has 0 saturated carbocycles. The molecule has 3 nitrogen and oxygen atoms in total. The van der Waals surface area contributed by atoms with E-state index < -0.39 is 18.3 Å². The van der Waals surface area contributed by atoms with E-state index in [4.69, 9.17) is 4.74 Å². The SMILES string of the molecule is COc1ccccc1CNC(=O)C(F)(F)C(F)F. The highest BCUT2D eigenvalue weighted by Crippen LogP contribution is 2.23. The Labute approximate surface area is 101 Å². The Kier molecular flexibility index (Phi) is 4.52. The standard InChI is InChI=1S/C11H11F4NO2/c1-18-8-5-3-2-4-7(8)6-16-10(17)11(14,15)9(12)13/h2-5,9H,6H2,1H3,(H,16,17). The van der Waals surface area contributed by atoms with Crippen molar-refractivity contribution in [3.8, 4) is 5.75 Å². The maximum Gasteiger partial charge on any atom is 0.383 e. The Morgan fingerprint density at radius 3 is 2.56 bits per heavy atom. The number of amides is 1. The summed E-state index contributed by atoms with van der Waals surface area (Å²) in [6.45, 7) is -0.314. The molecule has 0 aliphatic carbocycles. The van der Waals surface area contributed by atoms with Gasteiger partial charge < -0.3 is 10.1 Å². The van der Waals surface area contributed by atoms with Crippen LogP contribution in [0, 0.1) is 0 Å². The normalized spacial score (nSPS) is 11.4. The fraction of sp³-hybridized carbons (Fsp3) is 0.364. The van der Waals surface area contributed by atoms with Gasteiger partial charge in [0.15, 0.2) is 0 Å². The molecule has 0 aliphatic heterocycles. The topological polar surface area (TPSA) is 38.3 Å². The minimum atomic E-state index is -4.69. The summed E-state index contributed by atoms with van der Waals surface area (Å²) >= 11 is 0. The molecule has 1 aromatic rings. The van der Waals surface area contributed by atoms with Gasteiger partial charge in [-0.25, -0.2) is 8.78 Å². The summed E-state index contributed by atoms with van der Waals surface area (Å²) in [5, 5.41) is 1.75. The number of rotatable bonds is 5. The third kappa shape index (κ3) is 3.12. The summed E-state index contributed by atoms with van der Waals surface area (Å²) in [6, 6.07) is 6.35. The fourth-order valence-electron chi connectivity index (χ4n) is 1.24. The van der Waals surface area contributed by atoms with Crippen LogP contribution in [0.4, 0.5) is 17.6 Å².